The van der Waals surface area contributed by atoms with Crippen LogP contribution in [0.1, 0.15) is 43.7 Å². The van der Waals surface area contributed by atoms with Crippen LogP contribution in [-0.4, -0.2) is 11.8 Å². The summed E-state index contributed by atoms with van der Waals surface area (Å²) in [6.07, 6.45) is 3.22. The number of nitrogens with two attached hydrogens (primary N) is 2. The number of nitrogens with one attached hydrogen (secondary N) is 1. The molecule has 25 heavy (non-hydrogen) atoms. The highest BCUT2D eigenvalue weighted by atomic mass is 16.1. The van der Waals surface area contributed by atoms with Crippen LogP contribution in [-0.2, 0) is 4.79 Å². The van der Waals surface area contributed by atoms with Gasteiger partial charge in [-0.2, -0.15) is 0 Å². The van der Waals surface area contributed by atoms with Gasteiger partial charge in [0.15, 0.2) is 5.78 Å². The molecule has 0 saturated heterocycles. The average Bonchev–Trinajstić information content (AvgIpc) is 3.05. The van der Waals surface area contributed by atoms with Gasteiger partial charge in [0, 0.05) is 35.5 Å². The molecule has 1 unspecified atom stereocenters. The molecule has 0 spiro atoms. The van der Waals surface area contributed by atoms with Gasteiger partial charge in [-0.25, -0.2) is 0 Å². The van der Waals surface area contributed by atoms with Crippen LogP contribution in [0, 0.1) is 0 Å². The van der Waals surface area contributed by atoms with E-state index in [4.69, 9.17) is 11.5 Å². The van der Waals surface area contributed by atoms with Crippen molar-refractivity contribution in [2.75, 3.05) is 11.5 Å². The van der Waals surface area contributed by atoms with Crippen molar-refractivity contribution in [3.8, 4) is 0 Å². The van der Waals surface area contributed by atoms with Gasteiger partial charge in [-0.05, 0) is 29.7 Å². The molecule has 0 radical (unpaired) electrons. The Balaban J connectivity index is 1.98. The van der Waals surface area contributed by atoms with Crippen molar-refractivity contribution in [1.29, 1.82) is 0 Å². The summed E-state index contributed by atoms with van der Waals surface area (Å²) in [6.45, 7) is 2.10. The fourth-order valence-electron chi connectivity index (χ4n) is 3.30. The van der Waals surface area contributed by atoms with Crippen molar-refractivity contribution < 1.29 is 4.79 Å². The fraction of sp³-hybridized carbons (Fsp3) is 0.286. The Morgan fingerprint density at radius 1 is 1.16 bits per heavy atom. The third-order valence-corrected chi connectivity index (χ3v) is 4.66. The molecule has 3 rings (SSSR count). The molecule has 2 aromatic rings. The van der Waals surface area contributed by atoms with E-state index in [1.807, 2.05) is 30.3 Å². The number of benzene rings is 2. The van der Waals surface area contributed by atoms with Gasteiger partial charge in [0.05, 0.1) is 6.04 Å². The molecule has 1 atom stereocenters. The number of ketones is 1. The number of hydrogen-bond donors (Lipinski definition) is 3. The van der Waals surface area contributed by atoms with Crippen LogP contribution in [0.5, 0.6) is 0 Å². The van der Waals surface area contributed by atoms with Crippen molar-refractivity contribution >= 4 is 28.4 Å². The quantitative estimate of drug-likeness (QED) is 0.701. The van der Waals surface area contributed by atoms with Crippen molar-refractivity contribution in [2.24, 2.45) is 0 Å². The largest absolute Gasteiger partial charge is 0.399 e. The van der Waals surface area contributed by atoms with Gasteiger partial charge in [-0.3, -0.25) is 4.79 Å². The molecule has 5 N–H and O–H groups in total. The molecule has 1 aliphatic rings. The molecule has 0 aromatic heterocycles. The van der Waals surface area contributed by atoms with E-state index in [2.05, 4.69) is 24.4 Å². The smallest absolute Gasteiger partial charge is 0.155 e. The van der Waals surface area contributed by atoms with Crippen LogP contribution in [0.25, 0.3) is 11.3 Å². The first-order chi connectivity index (χ1) is 12.1. The number of carbonyl (C=O) groups excluding carboxylic acids is 1. The lowest BCUT2D eigenvalue weighted by atomic mass is 9.95. The summed E-state index contributed by atoms with van der Waals surface area (Å²) in [5.41, 5.74) is 17.4. The van der Waals surface area contributed by atoms with E-state index in [1.54, 1.807) is 6.07 Å². The van der Waals surface area contributed by atoms with Gasteiger partial charge in [-0.1, -0.05) is 49.7 Å². The second-order valence-electron chi connectivity index (χ2n) is 6.54. The molecule has 0 saturated carbocycles. The van der Waals surface area contributed by atoms with Gasteiger partial charge >= 0.3 is 0 Å². The first-order valence-corrected chi connectivity index (χ1v) is 8.83. The number of nitrogen functional groups attached to an aromatic ring is 2. The van der Waals surface area contributed by atoms with E-state index < -0.39 is 0 Å². The Labute approximate surface area is 148 Å². The molecule has 0 fully saturated rings. The summed E-state index contributed by atoms with van der Waals surface area (Å²) < 4.78 is 0. The lowest BCUT2D eigenvalue weighted by Gasteiger charge is -2.12. The Morgan fingerprint density at radius 3 is 2.60 bits per heavy atom. The summed E-state index contributed by atoms with van der Waals surface area (Å²) in [4.78, 5) is 12.6. The molecule has 0 aliphatic carbocycles. The molecule has 1 aliphatic heterocycles. The van der Waals surface area contributed by atoms with Gasteiger partial charge in [0.2, 0.25) is 0 Å². The van der Waals surface area contributed by atoms with Gasteiger partial charge in [0.1, 0.15) is 0 Å². The molecule has 130 valence electrons. The standard InChI is InChI=1S/C21H25N3O/c1-2-3-9-20(25)19-13-17(16-11-10-15(22)12-18(16)23)21(24-19)14-7-5-4-6-8-14/h4-8,10-12,19,24H,2-3,9,13,22-23H2,1H3. The Hall–Kier alpha value is -2.75. The van der Waals surface area contributed by atoms with E-state index in [1.165, 1.54) is 0 Å². The predicted molar refractivity (Wildman–Crippen MR) is 105 cm³/mol. The molecular formula is C21H25N3O. The van der Waals surface area contributed by atoms with Crippen molar-refractivity contribution in [2.45, 2.75) is 38.6 Å². The molecular weight excluding hydrogens is 310 g/mol. The van der Waals surface area contributed by atoms with Gasteiger partial charge < -0.3 is 16.8 Å². The summed E-state index contributed by atoms with van der Waals surface area (Å²) in [5.74, 6) is 0.263. The number of unbranched alkanes of at least 4 members (excludes halogenated alkanes) is 1. The van der Waals surface area contributed by atoms with E-state index in [-0.39, 0.29) is 11.8 Å². The van der Waals surface area contributed by atoms with E-state index in [0.717, 1.165) is 35.2 Å². The zero-order valence-corrected chi connectivity index (χ0v) is 14.6. The van der Waals surface area contributed by atoms with E-state index >= 15 is 0 Å². The fourth-order valence-corrected chi connectivity index (χ4v) is 3.30. The molecule has 4 heteroatoms. The maximum atomic E-state index is 12.6. The third-order valence-electron chi connectivity index (χ3n) is 4.66. The minimum atomic E-state index is -0.186. The first-order valence-electron chi connectivity index (χ1n) is 8.83. The lowest BCUT2D eigenvalue weighted by molar-refractivity contribution is -0.120. The Kier molecular flexibility index (Phi) is 5.08. The summed E-state index contributed by atoms with van der Waals surface area (Å²) in [5, 5.41) is 3.45. The topological polar surface area (TPSA) is 81.1 Å². The van der Waals surface area contributed by atoms with E-state index in [0.29, 0.717) is 24.2 Å². The lowest BCUT2D eigenvalue weighted by Crippen LogP contribution is -2.31. The summed E-state index contributed by atoms with van der Waals surface area (Å²) in [6, 6.07) is 15.5. The second kappa shape index (κ2) is 7.43. The highest BCUT2D eigenvalue weighted by molar-refractivity contribution is 6.01. The van der Waals surface area contributed by atoms with Crippen LogP contribution < -0.4 is 16.8 Å². The minimum Gasteiger partial charge on any atom is -0.399 e. The third kappa shape index (κ3) is 3.68. The normalized spacial score (nSPS) is 16.8. The monoisotopic (exact) mass is 335 g/mol. The Bertz CT molecular complexity index is 796. The molecule has 2 aromatic carbocycles. The molecule has 0 bridgehead atoms. The minimum absolute atomic E-state index is 0.186. The number of rotatable bonds is 6. The van der Waals surface area contributed by atoms with Crippen molar-refractivity contribution in [3.05, 3.63) is 59.7 Å². The number of carbonyl (C=O) groups is 1. The molecule has 4 nitrogen and oxygen atoms in total. The SMILES string of the molecule is CCCCC(=O)C1CC(c2ccc(N)cc2N)=C(c2ccccc2)N1. The molecule has 0 amide bonds. The number of anilines is 2. The van der Waals surface area contributed by atoms with Gasteiger partial charge in [0.25, 0.3) is 0 Å². The highest BCUT2D eigenvalue weighted by Gasteiger charge is 2.30. The van der Waals surface area contributed by atoms with Crippen LogP contribution in [0.3, 0.4) is 0 Å². The average molecular weight is 335 g/mol. The highest BCUT2D eigenvalue weighted by Crippen LogP contribution is 2.37. The van der Waals surface area contributed by atoms with Crippen LogP contribution in [0.2, 0.25) is 0 Å². The molecule has 1 heterocycles. The maximum absolute atomic E-state index is 12.6. The zero-order valence-electron chi connectivity index (χ0n) is 14.6. The maximum Gasteiger partial charge on any atom is 0.155 e. The van der Waals surface area contributed by atoms with Crippen LogP contribution in [0.4, 0.5) is 11.4 Å². The van der Waals surface area contributed by atoms with Crippen molar-refractivity contribution in [1.82, 2.24) is 5.32 Å². The zero-order chi connectivity index (χ0) is 17.8. The first kappa shape index (κ1) is 17.1. The Morgan fingerprint density at radius 2 is 1.92 bits per heavy atom. The summed E-state index contributed by atoms with van der Waals surface area (Å²) in [7, 11) is 0. The van der Waals surface area contributed by atoms with Gasteiger partial charge in [-0.15, -0.1) is 0 Å². The number of Topliss-reactive ketones (excluding diaryl/α,β-unsaturated/α-hetero) is 1. The van der Waals surface area contributed by atoms with Crippen molar-refractivity contribution in [3.63, 3.8) is 0 Å². The van der Waals surface area contributed by atoms with Crippen LogP contribution in [0.15, 0.2) is 48.5 Å². The van der Waals surface area contributed by atoms with E-state index in [9.17, 15) is 4.79 Å². The summed E-state index contributed by atoms with van der Waals surface area (Å²) >= 11 is 0. The number of hydrogen-bond acceptors (Lipinski definition) is 4. The second-order valence-corrected chi connectivity index (χ2v) is 6.54. The van der Waals surface area contributed by atoms with Crippen LogP contribution >= 0.6 is 0 Å². The predicted octanol–water partition coefficient (Wildman–Crippen LogP) is 3.84.